The second-order valence-electron chi connectivity index (χ2n) is 3.06. The predicted octanol–water partition coefficient (Wildman–Crippen LogP) is 1.68. The molecular weight excluding hydrogens is 283 g/mol. The van der Waals surface area contributed by atoms with Gasteiger partial charge < -0.3 is 0 Å². The first kappa shape index (κ1) is 12.1. The van der Waals surface area contributed by atoms with E-state index in [4.69, 9.17) is 10.7 Å². The van der Waals surface area contributed by atoms with E-state index in [1.54, 1.807) is 0 Å². The van der Waals surface area contributed by atoms with Crippen LogP contribution in [-0.4, -0.2) is 23.0 Å². The summed E-state index contributed by atoms with van der Waals surface area (Å²) in [4.78, 5) is 3.09. The van der Waals surface area contributed by atoms with Gasteiger partial charge in [-0.25, -0.2) is 17.9 Å². The van der Waals surface area contributed by atoms with Gasteiger partial charge >= 0.3 is 6.18 Å². The summed E-state index contributed by atoms with van der Waals surface area (Å²) in [6.07, 6.45) is -2.90. The first-order valence-corrected chi connectivity index (χ1v) is 6.36. The van der Waals surface area contributed by atoms with Crippen LogP contribution in [0, 0.1) is 0 Å². The van der Waals surface area contributed by atoms with Crippen molar-refractivity contribution < 1.29 is 21.6 Å². The van der Waals surface area contributed by atoms with Crippen LogP contribution < -0.4 is 0 Å². The Labute approximate surface area is 97.3 Å². The maximum atomic E-state index is 12.3. The molecule has 0 saturated carbocycles. The summed E-state index contributed by atoms with van der Waals surface area (Å²) in [7, 11) is 0.972. The summed E-state index contributed by atoms with van der Waals surface area (Å²) in [5, 5.41) is 3.16. The van der Waals surface area contributed by atoms with Crippen LogP contribution in [0.15, 0.2) is 23.4 Å². The van der Waals surface area contributed by atoms with Crippen molar-refractivity contribution in [1.29, 1.82) is 0 Å². The van der Waals surface area contributed by atoms with Gasteiger partial charge in [0.05, 0.1) is 12.4 Å². The highest BCUT2D eigenvalue weighted by atomic mass is 35.7. The van der Waals surface area contributed by atoms with Crippen LogP contribution in [0.4, 0.5) is 13.2 Å². The third kappa shape index (κ3) is 2.34. The monoisotopic (exact) mass is 285 g/mol. The summed E-state index contributed by atoms with van der Waals surface area (Å²) >= 11 is 0. The number of hydrogen-bond donors (Lipinski definition) is 0. The Balaban J connectivity index is 2.64. The lowest BCUT2D eigenvalue weighted by Gasteiger charge is -1.98. The lowest BCUT2D eigenvalue weighted by molar-refractivity contribution is -0.141. The van der Waals surface area contributed by atoms with Crippen molar-refractivity contribution >= 4 is 25.4 Å². The lowest BCUT2D eigenvalue weighted by atomic mass is 10.4. The van der Waals surface area contributed by atoms with E-state index in [9.17, 15) is 21.6 Å². The van der Waals surface area contributed by atoms with Crippen molar-refractivity contribution in [3.8, 4) is 0 Å². The fourth-order valence-electron chi connectivity index (χ4n) is 1.12. The molecule has 17 heavy (non-hydrogen) atoms. The maximum Gasteiger partial charge on any atom is 0.435 e. The van der Waals surface area contributed by atoms with Crippen molar-refractivity contribution in [2.75, 3.05) is 0 Å². The Morgan fingerprint density at radius 3 is 2.53 bits per heavy atom. The zero-order valence-corrected chi connectivity index (χ0v) is 9.38. The second-order valence-corrected chi connectivity index (χ2v) is 5.62. The normalized spacial score (nSPS) is 13.2. The Hall–Kier alpha value is -1.35. The number of halogens is 4. The maximum absolute atomic E-state index is 12.3. The van der Waals surface area contributed by atoms with E-state index in [-0.39, 0.29) is 5.65 Å². The van der Waals surface area contributed by atoms with Gasteiger partial charge in [-0.3, -0.25) is 0 Å². The number of hydrogen-bond acceptors (Lipinski definition) is 4. The third-order valence-electron chi connectivity index (χ3n) is 1.86. The van der Waals surface area contributed by atoms with Crippen molar-refractivity contribution in [2.24, 2.45) is 0 Å². The van der Waals surface area contributed by atoms with Crippen LogP contribution in [0.3, 0.4) is 0 Å². The molecule has 2 aromatic rings. The van der Waals surface area contributed by atoms with Crippen LogP contribution in [0.1, 0.15) is 5.69 Å². The van der Waals surface area contributed by atoms with Crippen molar-refractivity contribution in [3.05, 3.63) is 24.2 Å². The van der Waals surface area contributed by atoms with Crippen LogP contribution >= 0.6 is 10.7 Å². The second kappa shape index (κ2) is 3.57. The molecule has 0 aliphatic carbocycles. The van der Waals surface area contributed by atoms with Crippen molar-refractivity contribution in [2.45, 2.75) is 11.1 Å². The van der Waals surface area contributed by atoms with E-state index < -0.39 is 25.8 Å². The number of aromatic nitrogens is 3. The first-order chi connectivity index (χ1) is 7.68. The Kier molecular flexibility index (Phi) is 2.54. The Morgan fingerprint density at radius 2 is 2.00 bits per heavy atom. The lowest BCUT2D eigenvalue weighted by Crippen LogP contribution is -2.06. The topological polar surface area (TPSA) is 64.3 Å². The summed E-state index contributed by atoms with van der Waals surface area (Å²) in [6.45, 7) is 0. The molecule has 0 aliphatic heterocycles. The molecule has 92 valence electrons. The molecule has 0 bridgehead atoms. The molecule has 10 heteroatoms. The van der Waals surface area contributed by atoms with Gasteiger partial charge in [0.15, 0.2) is 11.3 Å². The number of rotatable bonds is 1. The highest BCUT2D eigenvalue weighted by molar-refractivity contribution is 8.13. The fourth-order valence-corrected chi connectivity index (χ4v) is 1.77. The molecule has 0 spiro atoms. The van der Waals surface area contributed by atoms with E-state index in [0.29, 0.717) is 10.6 Å². The van der Waals surface area contributed by atoms with Gasteiger partial charge in [-0.2, -0.15) is 18.3 Å². The fraction of sp³-hybridized carbons (Fsp3) is 0.143. The molecule has 2 rings (SSSR count). The minimum absolute atomic E-state index is 0.124. The molecule has 0 aliphatic rings. The highest BCUT2D eigenvalue weighted by Crippen LogP contribution is 2.28. The molecule has 0 aromatic carbocycles. The molecule has 0 radical (unpaired) electrons. The van der Waals surface area contributed by atoms with Crippen LogP contribution in [0.5, 0.6) is 0 Å². The highest BCUT2D eigenvalue weighted by Gasteiger charge is 2.34. The predicted molar refractivity (Wildman–Crippen MR) is 51.0 cm³/mol. The molecule has 0 saturated heterocycles. The Bertz CT molecular complexity index is 679. The SMILES string of the molecule is O=S(=O)(Cl)c1cnc2cc(C(F)(F)F)nn2c1. The molecule has 0 amide bonds. The Morgan fingerprint density at radius 1 is 1.35 bits per heavy atom. The van der Waals surface area contributed by atoms with Gasteiger partial charge in [0.2, 0.25) is 0 Å². The van der Waals surface area contributed by atoms with Crippen molar-refractivity contribution in [3.63, 3.8) is 0 Å². The van der Waals surface area contributed by atoms with Gasteiger partial charge in [-0.1, -0.05) is 0 Å². The molecule has 0 atom stereocenters. The smallest absolute Gasteiger partial charge is 0.236 e. The zero-order chi connectivity index (χ0) is 12.8. The molecule has 2 heterocycles. The molecular formula is C7H3ClF3N3O2S. The van der Waals surface area contributed by atoms with Gasteiger partial charge in [0.25, 0.3) is 9.05 Å². The molecule has 0 fully saturated rings. The van der Waals surface area contributed by atoms with Crippen LogP contribution in [-0.2, 0) is 15.2 Å². The number of alkyl halides is 3. The van der Waals surface area contributed by atoms with E-state index in [0.717, 1.165) is 12.4 Å². The van der Waals surface area contributed by atoms with Gasteiger partial charge in [0.1, 0.15) is 4.90 Å². The van der Waals surface area contributed by atoms with E-state index in [2.05, 4.69) is 10.1 Å². The standard InChI is InChI=1S/C7H3ClF3N3O2S/c8-17(15,16)4-2-12-6-1-5(7(9,10)11)13-14(6)3-4/h1-3H. The van der Waals surface area contributed by atoms with E-state index in [1.807, 2.05) is 0 Å². The minimum atomic E-state index is -4.62. The van der Waals surface area contributed by atoms with E-state index >= 15 is 0 Å². The minimum Gasteiger partial charge on any atom is -0.236 e. The summed E-state index contributed by atoms with van der Waals surface area (Å²) in [5.74, 6) is 0. The largest absolute Gasteiger partial charge is 0.435 e. The average Bonchev–Trinajstić information content (AvgIpc) is 2.57. The van der Waals surface area contributed by atoms with Gasteiger partial charge in [-0.15, -0.1) is 0 Å². The van der Waals surface area contributed by atoms with Crippen LogP contribution in [0.2, 0.25) is 0 Å². The summed E-state index contributed by atoms with van der Waals surface area (Å²) in [6, 6.07) is 0.699. The molecule has 0 unspecified atom stereocenters. The quantitative estimate of drug-likeness (QED) is 0.748. The number of fused-ring (bicyclic) bond motifs is 1. The third-order valence-corrected chi connectivity index (χ3v) is 3.17. The molecule has 2 aromatic heterocycles. The molecule has 5 nitrogen and oxygen atoms in total. The zero-order valence-electron chi connectivity index (χ0n) is 7.81. The van der Waals surface area contributed by atoms with Gasteiger partial charge in [-0.05, 0) is 0 Å². The van der Waals surface area contributed by atoms with Crippen molar-refractivity contribution in [1.82, 2.24) is 14.6 Å². The average molecular weight is 286 g/mol. The molecule has 0 N–H and O–H groups in total. The summed E-state index contributed by atoms with van der Waals surface area (Å²) < 4.78 is 59.5. The van der Waals surface area contributed by atoms with Crippen LogP contribution in [0.25, 0.3) is 5.65 Å². The number of nitrogens with zero attached hydrogens (tertiary/aromatic N) is 3. The first-order valence-electron chi connectivity index (χ1n) is 4.05. The van der Waals surface area contributed by atoms with Gasteiger partial charge in [0, 0.05) is 16.7 Å². The van der Waals surface area contributed by atoms with E-state index in [1.165, 1.54) is 0 Å². The summed E-state index contributed by atoms with van der Waals surface area (Å²) in [5.41, 5.74) is -1.28.